The van der Waals surface area contributed by atoms with E-state index in [0.717, 1.165) is 20.5 Å². The van der Waals surface area contributed by atoms with Gasteiger partial charge in [-0.15, -0.1) is 0 Å². The van der Waals surface area contributed by atoms with E-state index in [-0.39, 0.29) is 0 Å². The SMILES string of the molecule is Brc1cnc(Nc2ccc(I)cc2)c(Br)c1. The van der Waals surface area contributed by atoms with E-state index in [2.05, 4.69) is 76.9 Å². The van der Waals surface area contributed by atoms with E-state index in [1.807, 2.05) is 18.2 Å². The second kappa shape index (κ2) is 5.46. The number of aromatic nitrogens is 1. The molecular formula is C11H7Br2IN2. The van der Waals surface area contributed by atoms with Gasteiger partial charge in [-0.3, -0.25) is 0 Å². The van der Waals surface area contributed by atoms with Gasteiger partial charge in [0.25, 0.3) is 0 Å². The third kappa shape index (κ3) is 3.18. The summed E-state index contributed by atoms with van der Waals surface area (Å²) < 4.78 is 3.10. The molecule has 5 heteroatoms. The molecule has 1 aromatic heterocycles. The number of hydrogen-bond donors (Lipinski definition) is 1. The Morgan fingerprint density at radius 1 is 1.12 bits per heavy atom. The van der Waals surface area contributed by atoms with E-state index in [9.17, 15) is 0 Å². The highest BCUT2D eigenvalue weighted by molar-refractivity contribution is 14.1. The minimum atomic E-state index is 0.810. The van der Waals surface area contributed by atoms with Gasteiger partial charge in [-0.05, 0) is 84.8 Å². The summed E-state index contributed by atoms with van der Waals surface area (Å²) in [5.74, 6) is 0.810. The van der Waals surface area contributed by atoms with Gasteiger partial charge in [0.1, 0.15) is 5.82 Å². The lowest BCUT2D eigenvalue weighted by molar-refractivity contribution is 1.27. The van der Waals surface area contributed by atoms with Crippen molar-refractivity contribution in [2.75, 3.05) is 5.32 Å². The van der Waals surface area contributed by atoms with E-state index in [1.165, 1.54) is 3.57 Å². The summed E-state index contributed by atoms with van der Waals surface area (Å²) in [6.45, 7) is 0. The molecule has 0 unspecified atom stereocenters. The van der Waals surface area contributed by atoms with Crippen LogP contribution in [0.4, 0.5) is 11.5 Å². The zero-order valence-corrected chi connectivity index (χ0v) is 13.4. The maximum atomic E-state index is 4.29. The monoisotopic (exact) mass is 452 g/mol. The molecule has 0 aliphatic heterocycles. The average Bonchev–Trinajstić information content (AvgIpc) is 2.25. The van der Waals surface area contributed by atoms with Gasteiger partial charge < -0.3 is 5.32 Å². The Bertz CT molecular complexity index is 500. The Hall–Kier alpha value is -0.140. The summed E-state index contributed by atoms with van der Waals surface area (Å²) in [7, 11) is 0. The molecule has 1 N–H and O–H groups in total. The first-order chi connectivity index (χ1) is 7.65. The van der Waals surface area contributed by atoms with Crippen molar-refractivity contribution >= 4 is 66.0 Å². The summed E-state index contributed by atoms with van der Waals surface area (Å²) in [5.41, 5.74) is 1.02. The van der Waals surface area contributed by atoms with Crippen LogP contribution in [-0.2, 0) is 0 Å². The van der Waals surface area contributed by atoms with Crippen molar-refractivity contribution in [3.63, 3.8) is 0 Å². The lowest BCUT2D eigenvalue weighted by Gasteiger charge is -2.07. The standard InChI is InChI=1S/C11H7Br2IN2/c12-7-5-10(13)11(15-6-7)16-9-3-1-8(14)2-4-9/h1-6H,(H,15,16). The molecule has 0 aliphatic carbocycles. The molecule has 0 bridgehead atoms. The quantitative estimate of drug-likeness (QED) is 0.650. The van der Waals surface area contributed by atoms with Crippen LogP contribution in [0.15, 0.2) is 45.5 Å². The molecule has 0 fully saturated rings. The van der Waals surface area contributed by atoms with Gasteiger partial charge in [-0.1, -0.05) is 0 Å². The van der Waals surface area contributed by atoms with E-state index in [4.69, 9.17) is 0 Å². The van der Waals surface area contributed by atoms with Gasteiger partial charge in [0.15, 0.2) is 0 Å². The number of anilines is 2. The van der Waals surface area contributed by atoms with Crippen molar-refractivity contribution < 1.29 is 0 Å². The van der Waals surface area contributed by atoms with Gasteiger partial charge in [0.2, 0.25) is 0 Å². The molecule has 0 atom stereocenters. The van der Waals surface area contributed by atoms with Crippen LogP contribution in [0.5, 0.6) is 0 Å². The second-order valence-corrected chi connectivity index (χ2v) is 6.13. The Morgan fingerprint density at radius 3 is 2.44 bits per heavy atom. The van der Waals surface area contributed by atoms with Crippen LogP contribution in [0.25, 0.3) is 0 Å². The van der Waals surface area contributed by atoms with Crippen LogP contribution in [0, 0.1) is 3.57 Å². The predicted octanol–water partition coefficient (Wildman–Crippen LogP) is 4.95. The molecule has 2 nitrogen and oxygen atoms in total. The maximum Gasteiger partial charge on any atom is 0.144 e. The molecule has 0 amide bonds. The third-order valence-electron chi connectivity index (χ3n) is 1.91. The molecule has 2 aromatic rings. The molecule has 2 rings (SSSR count). The summed E-state index contributed by atoms with van der Waals surface area (Å²) >= 11 is 9.11. The molecule has 16 heavy (non-hydrogen) atoms. The Kier molecular flexibility index (Phi) is 4.21. The minimum Gasteiger partial charge on any atom is -0.339 e. The summed E-state index contributed by atoms with van der Waals surface area (Å²) in [6, 6.07) is 10.1. The normalized spacial score (nSPS) is 10.2. The average molecular weight is 454 g/mol. The van der Waals surface area contributed by atoms with Crippen molar-refractivity contribution in [1.82, 2.24) is 4.98 Å². The summed E-state index contributed by atoms with van der Waals surface area (Å²) in [4.78, 5) is 4.29. The van der Waals surface area contributed by atoms with Gasteiger partial charge >= 0.3 is 0 Å². The first-order valence-corrected chi connectivity index (χ1v) is 7.15. The van der Waals surface area contributed by atoms with Crippen molar-refractivity contribution in [3.05, 3.63) is 49.0 Å². The smallest absolute Gasteiger partial charge is 0.144 e. The fraction of sp³-hybridized carbons (Fsp3) is 0. The zero-order chi connectivity index (χ0) is 11.5. The number of nitrogens with zero attached hydrogens (tertiary/aromatic N) is 1. The Morgan fingerprint density at radius 2 is 1.81 bits per heavy atom. The van der Waals surface area contributed by atoms with Crippen LogP contribution in [0.2, 0.25) is 0 Å². The van der Waals surface area contributed by atoms with E-state index >= 15 is 0 Å². The molecular weight excluding hydrogens is 447 g/mol. The fourth-order valence-electron chi connectivity index (χ4n) is 1.18. The first-order valence-electron chi connectivity index (χ1n) is 4.49. The van der Waals surface area contributed by atoms with Crippen molar-refractivity contribution in [3.8, 4) is 0 Å². The van der Waals surface area contributed by atoms with Crippen LogP contribution >= 0.6 is 54.5 Å². The van der Waals surface area contributed by atoms with Gasteiger partial charge in [-0.25, -0.2) is 4.98 Å². The van der Waals surface area contributed by atoms with Crippen LogP contribution in [-0.4, -0.2) is 4.98 Å². The predicted molar refractivity (Wildman–Crippen MR) is 82.1 cm³/mol. The molecule has 1 aromatic carbocycles. The summed E-state index contributed by atoms with van der Waals surface area (Å²) in [5, 5.41) is 3.24. The van der Waals surface area contributed by atoms with E-state index < -0.39 is 0 Å². The van der Waals surface area contributed by atoms with Crippen LogP contribution in [0.1, 0.15) is 0 Å². The largest absolute Gasteiger partial charge is 0.339 e. The molecule has 0 aliphatic rings. The molecule has 82 valence electrons. The lowest BCUT2D eigenvalue weighted by Crippen LogP contribution is -1.94. The number of nitrogens with one attached hydrogen (secondary N) is 1. The lowest BCUT2D eigenvalue weighted by atomic mass is 10.3. The van der Waals surface area contributed by atoms with Gasteiger partial charge in [-0.2, -0.15) is 0 Å². The highest BCUT2D eigenvalue weighted by atomic mass is 127. The number of benzene rings is 1. The Labute approximate surface area is 124 Å². The van der Waals surface area contributed by atoms with Gasteiger partial charge in [0, 0.05) is 19.9 Å². The van der Waals surface area contributed by atoms with Crippen molar-refractivity contribution in [1.29, 1.82) is 0 Å². The van der Waals surface area contributed by atoms with E-state index in [0.29, 0.717) is 0 Å². The van der Waals surface area contributed by atoms with Crippen LogP contribution < -0.4 is 5.32 Å². The molecule has 1 heterocycles. The molecule has 0 saturated heterocycles. The maximum absolute atomic E-state index is 4.29. The highest BCUT2D eigenvalue weighted by Gasteiger charge is 2.02. The van der Waals surface area contributed by atoms with Crippen molar-refractivity contribution in [2.45, 2.75) is 0 Å². The number of pyridine rings is 1. The number of halogens is 3. The Balaban J connectivity index is 2.23. The number of rotatable bonds is 2. The van der Waals surface area contributed by atoms with Gasteiger partial charge in [0.05, 0.1) is 4.47 Å². The number of hydrogen-bond acceptors (Lipinski definition) is 2. The topological polar surface area (TPSA) is 24.9 Å². The van der Waals surface area contributed by atoms with Crippen molar-refractivity contribution in [2.24, 2.45) is 0 Å². The molecule has 0 radical (unpaired) electrons. The van der Waals surface area contributed by atoms with Crippen LogP contribution in [0.3, 0.4) is 0 Å². The molecule has 0 saturated carbocycles. The summed E-state index contributed by atoms with van der Waals surface area (Å²) in [6.07, 6.45) is 1.76. The minimum absolute atomic E-state index is 0.810. The first kappa shape index (κ1) is 12.3. The zero-order valence-electron chi connectivity index (χ0n) is 8.05. The third-order valence-corrected chi connectivity index (χ3v) is 3.67. The highest BCUT2D eigenvalue weighted by Crippen LogP contribution is 2.26. The second-order valence-electron chi connectivity index (χ2n) is 3.12. The molecule has 0 spiro atoms. The van der Waals surface area contributed by atoms with E-state index in [1.54, 1.807) is 6.20 Å². The fourth-order valence-corrected chi connectivity index (χ4v) is 2.62.